The molecule has 3 fully saturated rings. The maximum absolute atomic E-state index is 12.9. The molecule has 1 spiro atoms. The summed E-state index contributed by atoms with van der Waals surface area (Å²) in [5.74, 6) is -0.176. The van der Waals surface area contributed by atoms with Gasteiger partial charge in [-0.1, -0.05) is 18.9 Å². The van der Waals surface area contributed by atoms with Gasteiger partial charge in [-0.15, -0.1) is 0 Å². The van der Waals surface area contributed by atoms with Gasteiger partial charge in [0.15, 0.2) is 5.79 Å². The van der Waals surface area contributed by atoms with E-state index in [1.165, 1.54) is 18.4 Å². The number of amides is 1. The number of ether oxygens (including phenoxy) is 2. The summed E-state index contributed by atoms with van der Waals surface area (Å²) in [6, 6.07) is 4.07. The fourth-order valence-corrected chi connectivity index (χ4v) is 4.46. The molecule has 1 aliphatic carbocycles. The number of carbonyl (C=O) groups is 1. The van der Waals surface area contributed by atoms with Crippen molar-refractivity contribution in [1.82, 2.24) is 14.8 Å². The molecule has 1 aromatic heterocycles. The van der Waals surface area contributed by atoms with Gasteiger partial charge in [-0.2, -0.15) is 0 Å². The van der Waals surface area contributed by atoms with Crippen molar-refractivity contribution in [1.29, 1.82) is 0 Å². The highest BCUT2D eigenvalue weighted by Gasteiger charge is 2.43. The number of aromatic nitrogens is 1. The molecule has 2 aliphatic heterocycles. The van der Waals surface area contributed by atoms with Crippen LogP contribution in [0, 0.1) is 5.92 Å². The lowest BCUT2D eigenvalue weighted by Gasteiger charge is -2.43. The van der Waals surface area contributed by atoms with Gasteiger partial charge in [-0.25, -0.2) is 0 Å². The van der Waals surface area contributed by atoms with Crippen LogP contribution >= 0.6 is 0 Å². The second kappa shape index (κ2) is 8.03. The number of hydrogen-bond donors (Lipinski definition) is 0. The van der Waals surface area contributed by atoms with E-state index in [0.29, 0.717) is 38.8 Å². The number of carbonyl (C=O) groups excluding carboxylic acids is 1. The van der Waals surface area contributed by atoms with Gasteiger partial charge in [0.1, 0.15) is 0 Å². The molecule has 3 aliphatic rings. The molecule has 142 valence electrons. The number of rotatable bonds is 3. The van der Waals surface area contributed by atoms with Gasteiger partial charge in [0.05, 0.1) is 26.3 Å². The highest BCUT2D eigenvalue weighted by atomic mass is 16.7. The van der Waals surface area contributed by atoms with Crippen LogP contribution in [-0.2, 0) is 20.8 Å². The van der Waals surface area contributed by atoms with Crippen molar-refractivity contribution in [2.45, 2.75) is 44.4 Å². The summed E-state index contributed by atoms with van der Waals surface area (Å²) in [4.78, 5) is 21.5. The second-order valence-corrected chi connectivity index (χ2v) is 7.77. The van der Waals surface area contributed by atoms with Crippen molar-refractivity contribution < 1.29 is 14.3 Å². The van der Waals surface area contributed by atoms with E-state index in [-0.39, 0.29) is 5.92 Å². The van der Waals surface area contributed by atoms with Crippen LogP contribution in [0.1, 0.15) is 37.7 Å². The van der Waals surface area contributed by atoms with Crippen LogP contribution in [-0.4, -0.2) is 65.9 Å². The van der Waals surface area contributed by atoms with Crippen LogP contribution in [0.3, 0.4) is 0 Å². The lowest BCUT2D eigenvalue weighted by Crippen LogP contribution is -2.59. The Hall–Kier alpha value is -1.50. The molecule has 4 rings (SSSR count). The Bertz CT molecular complexity index is 606. The topological polar surface area (TPSA) is 54.9 Å². The summed E-state index contributed by atoms with van der Waals surface area (Å²) < 4.78 is 12.3. The molecule has 26 heavy (non-hydrogen) atoms. The normalized spacial score (nSPS) is 28.4. The summed E-state index contributed by atoms with van der Waals surface area (Å²) in [7, 11) is 0. The molecule has 1 unspecified atom stereocenters. The largest absolute Gasteiger partial charge is 0.347 e. The lowest BCUT2D eigenvalue weighted by atomic mass is 10.1. The first-order valence-electron chi connectivity index (χ1n) is 9.92. The third kappa shape index (κ3) is 4.08. The van der Waals surface area contributed by atoms with E-state index in [2.05, 4.69) is 16.0 Å². The molecule has 1 amide bonds. The molecule has 1 atom stereocenters. The monoisotopic (exact) mass is 359 g/mol. The minimum absolute atomic E-state index is 0.211. The highest BCUT2D eigenvalue weighted by molar-refractivity contribution is 5.79. The lowest BCUT2D eigenvalue weighted by molar-refractivity contribution is -0.265. The van der Waals surface area contributed by atoms with Gasteiger partial charge in [0.2, 0.25) is 5.91 Å². The van der Waals surface area contributed by atoms with E-state index in [1.54, 1.807) is 6.20 Å². The van der Waals surface area contributed by atoms with E-state index < -0.39 is 5.79 Å². The Morgan fingerprint density at radius 2 is 2.00 bits per heavy atom. The summed E-state index contributed by atoms with van der Waals surface area (Å²) in [6.45, 7) is 4.95. The Morgan fingerprint density at radius 1 is 1.15 bits per heavy atom. The molecule has 0 bridgehead atoms. The zero-order valence-electron chi connectivity index (χ0n) is 15.4. The molecule has 0 aromatic carbocycles. The molecular formula is C20H29N3O3. The summed E-state index contributed by atoms with van der Waals surface area (Å²) in [6.07, 6.45) is 9.13. The Labute approximate surface area is 155 Å². The molecule has 2 saturated heterocycles. The molecule has 3 heterocycles. The SMILES string of the molecule is O=C(C1CCCC1)N1CCOC2(CN(Cc3cccnc3)CCCO2)C1. The van der Waals surface area contributed by atoms with Crippen LogP contribution in [0.2, 0.25) is 0 Å². The van der Waals surface area contributed by atoms with Gasteiger partial charge in [-0.05, 0) is 30.9 Å². The predicted molar refractivity (Wildman–Crippen MR) is 97.3 cm³/mol. The number of morpholine rings is 1. The van der Waals surface area contributed by atoms with Crippen LogP contribution in [0.15, 0.2) is 24.5 Å². The smallest absolute Gasteiger partial charge is 0.225 e. The molecule has 1 aromatic rings. The Morgan fingerprint density at radius 3 is 2.81 bits per heavy atom. The van der Waals surface area contributed by atoms with E-state index in [0.717, 1.165) is 32.4 Å². The minimum atomic E-state index is -0.689. The second-order valence-electron chi connectivity index (χ2n) is 7.77. The van der Waals surface area contributed by atoms with Crippen molar-refractivity contribution in [3.8, 4) is 0 Å². The van der Waals surface area contributed by atoms with E-state index >= 15 is 0 Å². The first-order valence-corrected chi connectivity index (χ1v) is 9.92. The number of pyridine rings is 1. The molecule has 0 N–H and O–H groups in total. The molecule has 6 nitrogen and oxygen atoms in total. The Balaban J connectivity index is 1.44. The van der Waals surface area contributed by atoms with Gasteiger partial charge in [-0.3, -0.25) is 14.7 Å². The summed E-state index contributed by atoms with van der Waals surface area (Å²) in [5, 5.41) is 0. The molecular weight excluding hydrogens is 330 g/mol. The van der Waals surface area contributed by atoms with E-state index in [4.69, 9.17) is 9.47 Å². The molecule has 6 heteroatoms. The zero-order chi connectivity index (χ0) is 17.8. The van der Waals surface area contributed by atoms with Crippen molar-refractivity contribution in [2.75, 3.05) is 39.4 Å². The van der Waals surface area contributed by atoms with Crippen molar-refractivity contribution in [3.05, 3.63) is 30.1 Å². The highest BCUT2D eigenvalue weighted by Crippen LogP contribution is 2.30. The first-order chi connectivity index (χ1) is 12.7. The third-order valence-corrected chi connectivity index (χ3v) is 5.75. The average Bonchev–Trinajstić information content (AvgIpc) is 3.14. The average molecular weight is 359 g/mol. The van der Waals surface area contributed by atoms with Crippen LogP contribution in [0.5, 0.6) is 0 Å². The Kier molecular flexibility index (Phi) is 5.52. The number of hydrogen-bond acceptors (Lipinski definition) is 5. The van der Waals surface area contributed by atoms with Crippen LogP contribution in [0.25, 0.3) is 0 Å². The number of nitrogens with zero attached hydrogens (tertiary/aromatic N) is 3. The van der Waals surface area contributed by atoms with E-state index in [9.17, 15) is 4.79 Å². The molecule has 0 radical (unpaired) electrons. The third-order valence-electron chi connectivity index (χ3n) is 5.75. The van der Waals surface area contributed by atoms with Gasteiger partial charge < -0.3 is 14.4 Å². The van der Waals surface area contributed by atoms with E-state index in [1.807, 2.05) is 17.2 Å². The van der Waals surface area contributed by atoms with Crippen LogP contribution < -0.4 is 0 Å². The predicted octanol–water partition coefficient (Wildman–Crippen LogP) is 2.05. The minimum Gasteiger partial charge on any atom is -0.347 e. The zero-order valence-corrected chi connectivity index (χ0v) is 15.4. The molecule has 1 saturated carbocycles. The maximum atomic E-state index is 12.9. The standard InChI is InChI=1S/C20H29N3O3/c24-19(18-6-1-2-7-18)23-10-12-26-20(16-23)15-22(9-4-11-25-20)14-17-5-3-8-21-13-17/h3,5,8,13,18H,1-2,4,6-7,9-12,14-16H2. The maximum Gasteiger partial charge on any atom is 0.225 e. The summed E-state index contributed by atoms with van der Waals surface area (Å²) >= 11 is 0. The van der Waals surface area contributed by atoms with Crippen molar-refractivity contribution in [3.63, 3.8) is 0 Å². The summed E-state index contributed by atoms with van der Waals surface area (Å²) in [5.41, 5.74) is 1.19. The van der Waals surface area contributed by atoms with Gasteiger partial charge in [0, 0.05) is 37.9 Å². The fourth-order valence-electron chi connectivity index (χ4n) is 4.46. The quantitative estimate of drug-likeness (QED) is 0.827. The van der Waals surface area contributed by atoms with Gasteiger partial charge >= 0.3 is 0 Å². The van der Waals surface area contributed by atoms with Gasteiger partial charge in [0.25, 0.3) is 0 Å². The van der Waals surface area contributed by atoms with Crippen molar-refractivity contribution in [2.24, 2.45) is 5.92 Å². The first kappa shape index (κ1) is 17.9. The van der Waals surface area contributed by atoms with Crippen LogP contribution in [0.4, 0.5) is 0 Å². The van der Waals surface area contributed by atoms with Crippen molar-refractivity contribution >= 4 is 5.91 Å². The fraction of sp³-hybridized carbons (Fsp3) is 0.700.